The van der Waals surface area contributed by atoms with E-state index >= 15 is 0 Å². The van der Waals surface area contributed by atoms with E-state index in [0.29, 0.717) is 25.7 Å². The quantitative estimate of drug-likeness (QED) is 0.309. The zero-order valence-electron chi connectivity index (χ0n) is 16.2. The lowest BCUT2D eigenvalue weighted by Gasteiger charge is -2.43. The van der Waals surface area contributed by atoms with Crippen molar-refractivity contribution in [2.75, 3.05) is 13.2 Å². The highest BCUT2D eigenvalue weighted by Gasteiger charge is 2.47. The molecule has 0 spiro atoms. The first-order chi connectivity index (χ1) is 12.4. The zero-order valence-corrected chi connectivity index (χ0v) is 18.4. The first-order valence-electron chi connectivity index (χ1n) is 9.49. The Bertz CT molecular complexity index is 560. The van der Waals surface area contributed by atoms with Crippen LogP contribution < -0.4 is 0 Å². The molecule has 0 N–H and O–H groups in total. The summed E-state index contributed by atoms with van der Waals surface area (Å²) in [6, 6.07) is 10.2. The van der Waals surface area contributed by atoms with Crippen LogP contribution in [0.4, 0.5) is 0 Å². The second-order valence-corrected chi connectivity index (χ2v) is 9.66. The number of ether oxygens (including phenoxy) is 3. The molecule has 1 fully saturated rings. The van der Waals surface area contributed by atoms with Crippen molar-refractivity contribution in [2.24, 2.45) is 11.8 Å². The number of esters is 1. The summed E-state index contributed by atoms with van der Waals surface area (Å²) in [7, 11) is 0. The normalized spacial score (nSPS) is 26.7. The lowest BCUT2D eigenvalue weighted by atomic mass is 9.84. The maximum Gasteiger partial charge on any atom is 0.324 e. The summed E-state index contributed by atoms with van der Waals surface area (Å²) >= 11 is 2.20. The van der Waals surface area contributed by atoms with Crippen molar-refractivity contribution in [1.82, 2.24) is 0 Å². The van der Waals surface area contributed by atoms with Crippen LogP contribution in [0.2, 0.25) is 0 Å². The summed E-state index contributed by atoms with van der Waals surface area (Å²) in [6.07, 6.45) is 2.02. The number of carbonyl (C=O) groups is 1. The van der Waals surface area contributed by atoms with Crippen LogP contribution in [0.3, 0.4) is 0 Å². The zero-order chi connectivity index (χ0) is 19.2. The molecule has 4 nitrogen and oxygen atoms in total. The van der Waals surface area contributed by atoms with Crippen molar-refractivity contribution < 1.29 is 19.0 Å². The van der Waals surface area contributed by atoms with Crippen molar-refractivity contribution >= 4 is 28.6 Å². The van der Waals surface area contributed by atoms with Gasteiger partial charge in [-0.25, -0.2) is 0 Å². The van der Waals surface area contributed by atoms with Gasteiger partial charge in [-0.15, -0.1) is 0 Å². The Morgan fingerprint density at radius 2 is 2.04 bits per heavy atom. The van der Waals surface area contributed by atoms with E-state index in [2.05, 4.69) is 48.6 Å². The van der Waals surface area contributed by atoms with Gasteiger partial charge in [0.25, 0.3) is 0 Å². The average Bonchev–Trinajstić information content (AvgIpc) is 2.63. The summed E-state index contributed by atoms with van der Waals surface area (Å²) < 4.78 is 16.9. The van der Waals surface area contributed by atoms with E-state index in [4.69, 9.17) is 14.2 Å². The van der Waals surface area contributed by atoms with Crippen LogP contribution in [0.15, 0.2) is 30.3 Å². The number of benzene rings is 1. The molecular weight excluding hydrogens is 443 g/mol. The third-order valence-electron chi connectivity index (χ3n) is 5.08. The highest BCUT2D eigenvalue weighted by atomic mass is 127. The molecule has 26 heavy (non-hydrogen) atoms. The van der Waals surface area contributed by atoms with Crippen LogP contribution in [-0.4, -0.2) is 34.8 Å². The summed E-state index contributed by atoms with van der Waals surface area (Å²) in [4.78, 5) is 12.4. The van der Waals surface area contributed by atoms with Crippen LogP contribution in [-0.2, 0) is 25.6 Å². The standard InChI is InChI=1S/C21H31IO4/c1-5-25-20(23)21(4,22)19-15(2)11-12-18(26-19)16(3)13-24-14-17-9-7-6-8-10-17/h6-10,15-16,18-19H,5,11-14H2,1-4H3/t15-,16+,18+,19-,21-/m0/s1. The summed E-state index contributed by atoms with van der Waals surface area (Å²) in [5.41, 5.74) is 1.18. The maximum atomic E-state index is 12.4. The van der Waals surface area contributed by atoms with E-state index in [1.54, 1.807) is 0 Å². The van der Waals surface area contributed by atoms with Crippen LogP contribution in [0.5, 0.6) is 0 Å². The van der Waals surface area contributed by atoms with Crippen molar-refractivity contribution in [3.8, 4) is 0 Å². The van der Waals surface area contributed by atoms with Gasteiger partial charge in [0.05, 0.1) is 32.0 Å². The molecule has 0 aromatic heterocycles. The number of alkyl halides is 1. The molecule has 1 saturated heterocycles. The number of hydrogen-bond acceptors (Lipinski definition) is 4. The third kappa shape index (κ3) is 5.67. The smallest absolute Gasteiger partial charge is 0.324 e. The fourth-order valence-corrected chi connectivity index (χ4v) is 4.40. The van der Waals surface area contributed by atoms with Gasteiger partial charge in [-0.05, 0) is 38.2 Å². The van der Waals surface area contributed by atoms with Crippen molar-refractivity contribution in [3.63, 3.8) is 0 Å². The highest BCUT2D eigenvalue weighted by Crippen LogP contribution is 2.39. The van der Waals surface area contributed by atoms with Gasteiger partial charge in [0.1, 0.15) is 3.42 Å². The molecule has 0 radical (unpaired) electrons. The molecule has 5 heteroatoms. The average molecular weight is 474 g/mol. The molecule has 1 aliphatic rings. The van der Waals surface area contributed by atoms with E-state index in [0.717, 1.165) is 12.8 Å². The van der Waals surface area contributed by atoms with Crippen LogP contribution in [0.25, 0.3) is 0 Å². The lowest BCUT2D eigenvalue weighted by molar-refractivity contribution is -0.161. The van der Waals surface area contributed by atoms with Crippen LogP contribution in [0, 0.1) is 11.8 Å². The first-order valence-corrected chi connectivity index (χ1v) is 10.6. The van der Waals surface area contributed by atoms with Crippen molar-refractivity contribution in [3.05, 3.63) is 35.9 Å². The molecule has 1 aliphatic heterocycles. The molecule has 1 heterocycles. The highest BCUT2D eigenvalue weighted by molar-refractivity contribution is 14.1. The van der Waals surface area contributed by atoms with Gasteiger partial charge in [-0.1, -0.05) is 66.8 Å². The Labute approximate surface area is 171 Å². The fraction of sp³-hybridized carbons (Fsp3) is 0.667. The van der Waals surface area contributed by atoms with Gasteiger partial charge in [-0.2, -0.15) is 0 Å². The molecule has 0 unspecified atom stereocenters. The molecule has 0 aliphatic carbocycles. The second-order valence-electron chi connectivity index (χ2n) is 7.42. The molecule has 2 rings (SSSR count). The molecule has 0 bridgehead atoms. The molecular formula is C21H31IO4. The van der Waals surface area contributed by atoms with Crippen LogP contribution >= 0.6 is 22.6 Å². The van der Waals surface area contributed by atoms with E-state index in [1.165, 1.54) is 5.56 Å². The van der Waals surface area contributed by atoms with Gasteiger partial charge in [0.2, 0.25) is 0 Å². The van der Waals surface area contributed by atoms with Crippen molar-refractivity contribution in [1.29, 1.82) is 0 Å². The van der Waals surface area contributed by atoms with E-state index in [1.807, 2.05) is 32.0 Å². The first kappa shape index (κ1) is 21.6. The Morgan fingerprint density at radius 1 is 1.35 bits per heavy atom. The SMILES string of the molecule is CCOC(=O)[C@@](C)(I)[C@H]1O[C@@H]([C@H](C)COCc2ccccc2)CC[C@@H]1C. The molecule has 1 aromatic carbocycles. The predicted octanol–water partition coefficient (Wildman–Crippen LogP) is 4.78. The Hall–Kier alpha value is -0.660. The largest absolute Gasteiger partial charge is 0.465 e. The second kappa shape index (κ2) is 10.0. The lowest BCUT2D eigenvalue weighted by Crippen LogP contribution is -2.52. The molecule has 146 valence electrons. The Kier molecular flexibility index (Phi) is 8.36. The van der Waals surface area contributed by atoms with Gasteiger partial charge >= 0.3 is 5.97 Å². The van der Waals surface area contributed by atoms with Gasteiger partial charge in [-0.3, -0.25) is 4.79 Å². The molecule has 1 aromatic rings. The number of hydrogen-bond donors (Lipinski definition) is 0. The van der Waals surface area contributed by atoms with E-state index in [9.17, 15) is 4.79 Å². The van der Waals surface area contributed by atoms with E-state index < -0.39 is 3.42 Å². The predicted molar refractivity (Wildman–Crippen MR) is 111 cm³/mol. The molecule has 0 amide bonds. The van der Waals surface area contributed by atoms with Gasteiger partial charge in [0, 0.05) is 5.92 Å². The third-order valence-corrected chi connectivity index (χ3v) is 6.13. The molecule has 5 atom stereocenters. The summed E-state index contributed by atoms with van der Waals surface area (Å²) in [6.45, 7) is 9.75. The van der Waals surface area contributed by atoms with Gasteiger partial charge in [0.15, 0.2) is 0 Å². The van der Waals surface area contributed by atoms with Crippen molar-refractivity contribution in [2.45, 2.75) is 62.8 Å². The Balaban J connectivity index is 1.90. The van der Waals surface area contributed by atoms with Gasteiger partial charge < -0.3 is 14.2 Å². The number of carbonyl (C=O) groups excluding carboxylic acids is 1. The maximum absolute atomic E-state index is 12.4. The summed E-state index contributed by atoms with van der Waals surface area (Å²) in [5, 5.41) is 0. The minimum absolute atomic E-state index is 0.107. The Morgan fingerprint density at radius 3 is 2.69 bits per heavy atom. The number of rotatable bonds is 8. The minimum atomic E-state index is -0.670. The van der Waals surface area contributed by atoms with E-state index in [-0.39, 0.29) is 24.1 Å². The number of halogens is 1. The monoisotopic (exact) mass is 474 g/mol. The van der Waals surface area contributed by atoms with Crippen LogP contribution in [0.1, 0.15) is 46.1 Å². The molecule has 0 saturated carbocycles. The minimum Gasteiger partial charge on any atom is -0.465 e. The topological polar surface area (TPSA) is 44.8 Å². The fourth-order valence-electron chi connectivity index (χ4n) is 3.48. The summed E-state index contributed by atoms with van der Waals surface area (Å²) in [5.74, 6) is 0.421.